The number of rotatable bonds is 5. The van der Waals surface area contributed by atoms with Gasteiger partial charge in [-0.15, -0.1) is 0 Å². The largest absolute Gasteiger partial charge is 0.434 e. The number of benzene rings is 2. The Hall–Kier alpha value is -1.82. The number of halogens is 4. The standard InChI is InChI=1S/C15H10BrF3O2/c16-12-8-10(17)6-5-9(12)7-13(20)11-3-1-2-4-14(11)21-15(18)19/h1-6,8,15H,7H2. The van der Waals surface area contributed by atoms with Gasteiger partial charge >= 0.3 is 6.61 Å². The number of para-hydroxylation sites is 1. The van der Waals surface area contributed by atoms with Crippen LogP contribution in [0.15, 0.2) is 46.9 Å². The van der Waals surface area contributed by atoms with Crippen LogP contribution < -0.4 is 4.74 Å². The van der Waals surface area contributed by atoms with E-state index >= 15 is 0 Å². The van der Waals surface area contributed by atoms with Crippen LogP contribution in [-0.2, 0) is 6.42 Å². The van der Waals surface area contributed by atoms with Crippen molar-refractivity contribution in [1.29, 1.82) is 0 Å². The van der Waals surface area contributed by atoms with E-state index in [2.05, 4.69) is 20.7 Å². The molecule has 0 N–H and O–H groups in total. The van der Waals surface area contributed by atoms with Crippen LogP contribution in [0.2, 0.25) is 0 Å². The molecule has 0 atom stereocenters. The average molecular weight is 359 g/mol. The van der Waals surface area contributed by atoms with Crippen LogP contribution >= 0.6 is 15.9 Å². The van der Waals surface area contributed by atoms with Gasteiger partial charge in [0.25, 0.3) is 0 Å². The Kier molecular flexibility index (Phi) is 5.01. The van der Waals surface area contributed by atoms with Gasteiger partial charge in [-0.05, 0) is 29.8 Å². The molecule has 2 aromatic rings. The second kappa shape index (κ2) is 6.76. The molecule has 0 spiro atoms. The molecule has 0 fully saturated rings. The van der Waals surface area contributed by atoms with E-state index in [-0.39, 0.29) is 17.7 Å². The third-order valence-electron chi connectivity index (χ3n) is 2.77. The molecule has 0 saturated carbocycles. The second-order valence-corrected chi connectivity index (χ2v) is 5.06. The number of carbonyl (C=O) groups is 1. The summed E-state index contributed by atoms with van der Waals surface area (Å²) in [4.78, 5) is 12.2. The predicted octanol–water partition coefficient (Wildman–Crippen LogP) is 4.62. The monoisotopic (exact) mass is 358 g/mol. The van der Waals surface area contributed by atoms with E-state index in [9.17, 15) is 18.0 Å². The maximum Gasteiger partial charge on any atom is 0.387 e. The summed E-state index contributed by atoms with van der Waals surface area (Å²) in [6.45, 7) is -3.00. The molecule has 0 aliphatic rings. The van der Waals surface area contributed by atoms with Crippen molar-refractivity contribution in [3.63, 3.8) is 0 Å². The molecule has 21 heavy (non-hydrogen) atoms. The Morgan fingerprint density at radius 3 is 2.57 bits per heavy atom. The Morgan fingerprint density at radius 2 is 1.90 bits per heavy atom. The van der Waals surface area contributed by atoms with E-state index in [4.69, 9.17) is 0 Å². The highest BCUT2D eigenvalue weighted by atomic mass is 79.9. The van der Waals surface area contributed by atoms with Crippen LogP contribution in [0.5, 0.6) is 5.75 Å². The van der Waals surface area contributed by atoms with E-state index in [1.807, 2.05) is 0 Å². The van der Waals surface area contributed by atoms with Crippen LogP contribution in [-0.4, -0.2) is 12.4 Å². The van der Waals surface area contributed by atoms with Gasteiger partial charge in [-0.25, -0.2) is 4.39 Å². The number of hydrogen-bond donors (Lipinski definition) is 0. The van der Waals surface area contributed by atoms with Crippen molar-refractivity contribution in [3.8, 4) is 5.75 Å². The topological polar surface area (TPSA) is 26.3 Å². The van der Waals surface area contributed by atoms with Gasteiger partial charge in [-0.1, -0.05) is 34.1 Å². The van der Waals surface area contributed by atoms with Crippen LogP contribution in [0.1, 0.15) is 15.9 Å². The lowest BCUT2D eigenvalue weighted by atomic mass is 10.0. The molecule has 0 unspecified atom stereocenters. The summed E-state index contributed by atoms with van der Waals surface area (Å²) < 4.78 is 42.4. The number of hydrogen-bond acceptors (Lipinski definition) is 2. The highest BCUT2D eigenvalue weighted by Gasteiger charge is 2.16. The summed E-state index contributed by atoms with van der Waals surface area (Å²) in [7, 11) is 0. The zero-order valence-corrected chi connectivity index (χ0v) is 12.2. The van der Waals surface area contributed by atoms with Crippen molar-refractivity contribution in [2.75, 3.05) is 0 Å². The normalized spacial score (nSPS) is 10.7. The quantitative estimate of drug-likeness (QED) is 0.729. The van der Waals surface area contributed by atoms with Crippen molar-refractivity contribution in [2.24, 2.45) is 0 Å². The Labute approximate surface area is 127 Å². The molecule has 0 amide bonds. The maximum atomic E-state index is 13.0. The van der Waals surface area contributed by atoms with Crippen molar-refractivity contribution >= 4 is 21.7 Å². The van der Waals surface area contributed by atoms with Gasteiger partial charge in [0.1, 0.15) is 11.6 Å². The average Bonchev–Trinajstić information content (AvgIpc) is 2.42. The lowest BCUT2D eigenvalue weighted by molar-refractivity contribution is -0.0501. The summed E-state index contributed by atoms with van der Waals surface area (Å²) in [6, 6.07) is 9.72. The van der Waals surface area contributed by atoms with Gasteiger partial charge in [0.15, 0.2) is 5.78 Å². The van der Waals surface area contributed by atoms with Crippen LogP contribution in [0, 0.1) is 5.82 Å². The fourth-order valence-corrected chi connectivity index (χ4v) is 2.32. The summed E-state index contributed by atoms with van der Waals surface area (Å²) in [5.74, 6) is -0.992. The van der Waals surface area contributed by atoms with Gasteiger partial charge in [-0.2, -0.15) is 8.78 Å². The van der Waals surface area contributed by atoms with E-state index in [1.54, 1.807) is 6.07 Å². The number of alkyl halides is 2. The Balaban J connectivity index is 2.24. The number of ketones is 1. The van der Waals surface area contributed by atoms with Crippen LogP contribution in [0.3, 0.4) is 0 Å². The molecule has 2 nitrogen and oxygen atoms in total. The lowest BCUT2D eigenvalue weighted by Crippen LogP contribution is -2.10. The van der Waals surface area contributed by atoms with Crippen molar-refractivity contribution in [1.82, 2.24) is 0 Å². The minimum Gasteiger partial charge on any atom is -0.434 e. The van der Waals surface area contributed by atoms with Gasteiger partial charge in [0.2, 0.25) is 0 Å². The van der Waals surface area contributed by atoms with Gasteiger partial charge in [0, 0.05) is 10.9 Å². The second-order valence-electron chi connectivity index (χ2n) is 4.21. The number of ether oxygens (including phenoxy) is 1. The number of Topliss-reactive ketones (excluding diaryl/α,β-unsaturated/α-hetero) is 1. The molecule has 2 aromatic carbocycles. The molecular formula is C15H10BrF3O2. The van der Waals surface area contributed by atoms with E-state index in [1.165, 1.54) is 36.4 Å². The van der Waals surface area contributed by atoms with Crippen LogP contribution in [0.25, 0.3) is 0 Å². The van der Waals surface area contributed by atoms with Gasteiger partial charge < -0.3 is 4.74 Å². The maximum absolute atomic E-state index is 13.0. The molecule has 110 valence electrons. The molecule has 0 aliphatic carbocycles. The highest BCUT2D eigenvalue weighted by Crippen LogP contribution is 2.24. The molecule has 0 radical (unpaired) electrons. The first-order valence-electron chi connectivity index (χ1n) is 5.98. The third kappa shape index (κ3) is 4.07. The van der Waals surface area contributed by atoms with Crippen molar-refractivity contribution < 1.29 is 22.7 Å². The molecule has 0 saturated heterocycles. The predicted molar refractivity (Wildman–Crippen MR) is 75.2 cm³/mol. The summed E-state index contributed by atoms with van der Waals surface area (Å²) >= 11 is 3.16. The van der Waals surface area contributed by atoms with Crippen LogP contribution in [0.4, 0.5) is 13.2 Å². The van der Waals surface area contributed by atoms with E-state index in [0.29, 0.717) is 10.0 Å². The summed E-state index contributed by atoms with van der Waals surface area (Å²) in [5.41, 5.74) is 0.627. The third-order valence-corrected chi connectivity index (χ3v) is 3.51. The minimum atomic E-state index is -3.00. The molecule has 6 heteroatoms. The zero-order valence-electron chi connectivity index (χ0n) is 10.7. The first kappa shape index (κ1) is 15.6. The summed E-state index contributed by atoms with van der Waals surface area (Å²) in [5, 5.41) is 0. The zero-order chi connectivity index (χ0) is 15.4. The molecule has 2 rings (SSSR count). The fourth-order valence-electron chi connectivity index (χ4n) is 1.83. The fraction of sp³-hybridized carbons (Fsp3) is 0.133. The Bertz CT molecular complexity index is 659. The molecule has 0 aliphatic heterocycles. The molecule has 0 aromatic heterocycles. The smallest absolute Gasteiger partial charge is 0.387 e. The first-order chi connectivity index (χ1) is 9.97. The van der Waals surface area contributed by atoms with E-state index < -0.39 is 18.2 Å². The SMILES string of the molecule is O=C(Cc1ccc(F)cc1Br)c1ccccc1OC(F)F. The first-order valence-corrected chi connectivity index (χ1v) is 6.77. The lowest BCUT2D eigenvalue weighted by Gasteiger charge is -2.10. The van der Waals surface area contributed by atoms with Crippen molar-refractivity contribution in [3.05, 3.63) is 63.9 Å². The molecule has 0 bridgehead atoms. The van der Waals surface area contributed by atoms with E-state index in [0.717, 1.165) is 0 Å². The molecular weight excluding hydrogens is 349 g/mol. The van der Waals surface area contributed by atoms with Gasteiger partial charge in [-0.3, -0.25) is 4.79 Å². The Morgan fingerprint density at radius 1 is 1.19 bits per heavy atom. The minimum absolute atomic E-state index is 0.0511. The number of carbonyl (C=O) groups excluding carboxylic acids is 1. The van der Waals surface area contributed by atoms with Gasteiger partial charge in [0.05, 0.1) is 5.56 Å². The highest BCUT2D eigenvalue weighted by molar-refractivity contribution is 9.10. The summed E-state index contributed by atoms with van der Waals surface area (Å²) in [6.07, 6.45) is -0.0511. The molecule has 0 heterocycles. The van der Waals surface area contributed by atoms with Crippen molar-refractivity contribution in [2.45, 2.75) is 13.0 Å².